The SMILES string of the molecule is Cc1cc2ccccc2n1CCNC(=O)c1ccc(C(F)(F)F)cc1. The van der Waals surface area contributed by atoms with E-state index in [-0.39, 0.29) is 11.5 Å². The normalized spacial score (nSPS) is 11.7. The van der Waals surface area contributed by atoms with Crippen LogP contribution in [0.2, 0.25) is 0 Å². The molecule has 130 valence electrons. The minimum absolute atomic E-state index is 0.210. The number of hydrogen-bond acceptors (Lipinski definition) is 1. The van der Waals surface area contributed by atoms with Gasteiger partial charge in [-0.2, -0.15) is 13.2 Å². The van der Waals surface area contributed by atoms with Crippen molar-refractivity contribution in [1.29, 1.82) is 0 Å². The van der Waals surface area contributed by atoms with E-state index in [1.807, 2.05) is 31.2 Å². The summed E-state index contributed by atoms with van der Waals surface area (Å²) >= 11 is 0. The number of hydrogen-bond donors (Lipinski definition) is 1. The van der Waals surface area contributed by atoms with E-state index in [1.165, 1.54) is 12.1 Å². The first kappa shape index (κ1) is 17.1. The van der Waals surface area contributed by atoms with Crippen LogP contribution in [0, 0.1) is 6.92 Å². The Morgan fingerprint density at radius 3 is 2.44 bits per heavy atom. The number of halogens is 3. The predicted molar refractivity (Wildman–Crippen MR) is 90.5 cm³/mol. The van der Waals surface area contributed by atoms with Crippen LogP contribution in [0.3, 0.4) is 0 Å². The molecule has 0 atom stereocenters. The van der Waals surface area contributed by atoms with Gasteiger partial charge < -0.3 is 9.88 Å². The second-order valence-electron chi connectivity index (χ2n) is 5.83. The first-order chi connectivity index (χ1) is 11.9. The number of nitrogens with zero attached hydrogens (tertiary/aromatic N) is 1. The third kappa shape index (κ3) is 3.68. The average molecular weight is 346 g/mol. The third-order valence-corrected chi connectivity index (χ3v) is 4.11. The molecule has 0 aliphatic rings. The molecule has 0 aliphatic carbocycles. The molecule has 0 fully saturated rings. The second-order valence-corrected chi connectivity index (χ2v) is 5.83. The van der Waals surface area contributed by atoms with Gasteiger partial charge in [0.15, 0.2) is 0 Å². The molecule has 6 heteroatoms. The van der Waals surface area contributed by atoms with Gasteiger partial charge in [0.05, 0.1) is 5.56 Å². The van der Waals surface area contributed by atoms with Crippen LogP contribution in [0.5, 0.6) is 0 Å². The van der Waals surface area contributed by atoms with Crippen molar-refractivity contribution < 1.29 is 18.0 Å². The minimum Gasteiger partial charge on any atom is -0.350 e. The lowest BCUT2D eigenvalue weighted by Gasteiger charge is -2.11. The molecule has 1 N–H and O–H groups in total. The smallest absolute Gasteiger partial charge is 0.350 e. The number of nitrogens with one attached hydrogen (secondary N) is 1. The monoisotopic (exact) mass is 346 g/mol. The highest BCUT2D eigenvalue weighted by molar-refractivity contribution is 5.94. The largest absolute Gasteiger partial charge is 0.416 e. The van der Waals surface area contributed by atoms with Crippen molar-refractivity contribution in [3.8, 4) is 0 Å². The van der Waals surface area contributed by atoms with Crippen molar-refractivity contribution in [1.82, 2.24) is 9.88 Å². The highest BCUT2D eigenvalue weighted by atomic mass is 19.4. The maximum atomic E-state index is 12.5. The zero-order chi connectivity index (χ0) is 18.0. The first-order valence-electron chi connectivity index (χ1n) is 7.86. The van der Waals surface area contributed by atoms with Crippen LogP contribution < -0.4 is 5.32 Å². The van der Waals surface area contributed by atoms with Gasteiger partial charge in [0, 0.05) is 29.9 Å². The Morgan fingerprint density at radius 2 is 1.76 bits per heavy atom. The van der Waals surface area contributed by atoms with Crippen molar-refractivity contribution in [2.45, 2.75) is 19.6 Å². The van der Waals surface area contributed by atoms with Gasteiger partial charge in [-0.3, -0.25) is 4.79 Å². The van der Waals surface area contributed by atoms with Crippen molar-refractivity contribution >= 4 is 16.8 Å². The molecule has 3 nitrogen and oxygen atoms in total. The molecule has 0 saturated carbocycles. The van der Waals surface area contributed by atoms with Crippen LogP contribution in [0.1, 0.15) is 21.6 Å². The summed E-state index contributed by atoms with van der Waals surface area (Å²) in [4.78, 5) is 12.1. The van der Waals surface area contributed by atoms with E-state index in [0.717, 1.165) is 28.7 Å². The highest BCUT2D eigenvalue weighted by Crippen LogP contribution is 2.29. The van der Waals surface area contributed by atoms with E-state index in [0.29, 0.717) is 13.1 Å². The molecule has 0 saturated heterocycles. The Hall–Kier alpha value is -2.76. The number of amides is 1. The summed E-state index contributed by atoms with van der Waals surface area (Å²) in [7, 11) is 0. The molecule has 2 aromatic carbocycles. The van der Waals surface area contributed by atoms with E-state index in [2.05, 4.69) is 16.0 Å². The molecular weight excluding hydrogens is 329 g/mol. The Balaban J connectivity index is 1.63. The molecule has 0 aliphatic heterocycles. The lowest BCUT2D eigenvalue weighted by atomic mass is 10.1. The van der Waals surface area contributed by atoms with E-state index in [1.54, 1.807) is 0 Å². The van der Waals surface area contributed by atoms with Crippen molar-refractivity contribution in [3.63, 3.8) is 0 Å². The summed E-state index contributed by atoms with van der Waals surface area (Å²) in [6, 6.07) is 14.3. The molecule has 1 aromatic heterocycles. The zero-order valence-electron chi connectivity index (χ0n) is 13.6. The molecule has 0 spiro atoms. The van der Waals surface area contributed by atoms with Crippen LogP contribution in [-0.4, -0.2) is 17.0 Å². The number of carbonyl (C=O) groups excluding carboxylic acids is 1. The minimum atomic E-state index is -4.40. The molecular formula is C19H17F3N2O. The van der Waals surface area contributed by atoms with Gasteiger partial charge in [0.25, 0.3) is 5.91 Å². The van der Waals surface area contributed by atoms with Crippen LogP contribution in [0.25, 0.3) is 10.9 Å². The highest BCUT2D eigenvalue weighted by Gasteiger charge is 2.30. The summed E-state index contributed by atoms with van der Waals surface area (Å²) in [6.45, 7) is 2.97. The van der Waals surface area contributed by atoms with Crippen molar-refractivity contribution in [2.75, 3.05) is 6.54 Å². The van der Waals surface area contributed by atoms with Gasteiger partial charge in [-0.15, -0.1) is 0 Å². The Morgan fingerprint density at radius 1 is 1.08 bits per heavy atom. The van der Waals surface area contributed by atoms with Gasteiger partial charge in [0.1, 0.15) is 0 Å². The summed E-state index contributed by atoms with van der Waals surface area (Å²) in [5.74, 6) is -0.386. The summed E-state index contributed by atoms with van der Waals surface area (Å²) in [5, 5.41) is 3.88. The summed E-state index contributed by atoms with van der Waals surface area (Å²) < 4.78 is 39.7. The lowest BCUT2D eigenvalue weighted by Crippen LogP contribution is -2.27. The fraction of sp³-hybridized carbons (Fsp3) is 0.211. The van der Waals surface area contributed by atoms with Crippen molar-refractivity contribution in [2.24, 2.45) is 0 Å². The number of carbonyl (C=O) groups is 1. The van der Waals surface area contributed by atoms with Crippen LogP contribution in [0.15, 0.2) is 54.6 Å². The van der Waals surface area contributed by atoms with E-state index < -0.39 is 11.7 Å². The van der Waals surface area contributed by atoms with Gasteiger partial charge in [0.2, 0.25) is 0 Å². The van der Waals surface area contributed by atoms with Gasteiger partial charge >= 0.3 is 6.18 Å². The topological polar surface area (TPSA) is 34.0 Å². The molecule has 25 heavy (non-hydrogen) atoms. The number of alkyl halides is 3. The standard InChI is InChI=1S/C19H17F3N2O/c1-13-12-15-4-2-3-5-17(15)24(13)11-10-23-18(25)14-6-8-16(9-7-14)19(20,21)22/h2-9,12H,10-11H2,1H3,(H,23,25). The van der Waals surface area contributed by atoms with Crippen LogP contribution in [0.4, 0.5) is 13.2 Å². The number of para-hydroxylation sites is 1. The molecule has 1 amide bonds. The van der Waals surface area contributed by atoms with Crippen molar-refractivity contribution in [3.05, 3.63) is 71.4 Å². The Bertz CT molecular complexity index is 895. The summed E-state index contributed by atoms with van der Waals surface area (Å²) in [5.41, 5.74) is 1.62. The Kier molecular flexibility index (Phi) is 4.53. The molecule has 0 unspecified atom stereocenters. The van der Waals surface area contributed by atoms with Gasteiger partial charge in [-0.05, 0) is 48.7 Å². The van der Waals surface area contributed by atoms with Gasteiger partial charge in [-0.25, -0.2) is 0 Å². The maximum Gasteiger partial charge on any atom is 0.416 e. The molecule has 0 radical (unpaired) electrons. The lowest BCUT2D eigenvalue weighted by molar-refractivity contribution is -0.137. The van der Waals surface area contributed by atoms with Crippen LogP contribution in [-0.2, 0) is 12.7 Å². The second kappa shape index (κ2) is 6.63. The fourth-order valence-electron chi connectivity index (χ4n) is 2.84. The predicted octanol–water partition coefficient (Wildman–Crippen LogP) is 4.40. The molecule has 3 rings (SSSR count). The Labute approximate surface area is 143 Å². The van der Waals surface area contributed by atoms with E-state index in [4.69, 9.17) is 0 Å². The van der Waals surface area contributed by atoms with Gasteiger partial charge in [-0.1, -0.05) is 18.2 Å². The third-order valence-electron chi connectivity index (χ3n) is 4.11. The zero-order valence-corrected chi connectivity index (χ0v) is 13.6. The summed E-state index contributed by atoms with van der Waals surface area (Å²) in [6.07, 6.45) is -4.40. The number of benzene rings is 2. The fourth-order valence-corrected chi connectivity index (χ4v) is 2.84. The number of fused-ring (bicyclic) bond motifs is 1. The number of aryl methyl sites for hydroxylation is 1. The first-order valence-corrected chi connectivity index (χ1v) is 7.86. The number of aromatic nitrogens is 1. The number of rotatable bonds is 4. The van der Waals surface area contributed by atoms with Crippen LogP contribution >= 0.6 is 0 Å². The average Bonchev–Trinajstić information content (AvgIpc) is 2.90. The molecule has 0 bridgehead atoms. The maximum absolute atomic E-state index is 12.5. The quantitative estimate of drug-likeness (QED) is 0.746. The molecule has 3 aromatic rings. The van der Waals surface area contributed by atoms with E-state index in [9.17, 15) is 18.0 Å². The van der Waals surface area contributed by atoms with E-state index >= 15 is 0 Å². The molecule has 1 heterocycles.